The Balaban J connectivity index is 1.64. The Labute approximate surface area is 181 Å². The zero-order valence-electron chi connectivity index (χ0n) is 18.0. The van der Waals surface area contributed by atoms with Crippen molar-refractivity contribution >= 4 is 49.8 Å². The molecule has 5 rings (SSSR count). The van der Waals surface area contributed by atoms with Crippen molar-refractivity contribution in [1.29, 1.82) is 0 Å². The van der Waals surface area contributed by atoms with Crippen LogP contribution in [0.25, 0.3) is 32.6 Å². The second kappa shape index (κ2) is 7.74. The van der Waals surface area contributed by atoms with Gasteiger partial charge in [-0.05, 0) is 56.6 Å². The molecule has 1 aliphatic heterocycles. The van der Waals surface area contributed by atoms with Crippen LogP contribution in [-0.2, 0) is 0 Å². The zero-order chi connectivity index (χ0) is 21.5. The van der Waals surface area contributed by atoms with Gasteiger partial charge in [0.25, 0.3) is 0 Å². The number of nitrogens with zero attached hydrogens (tertiary/aromatic N) is 3. The Bertz CT molecular complexity index is 1300. The summed E-state index contributed by atoms with van der Waals surface area (Å²) in [6, 6.07) is 8.05. The summed E-state index contributed by atoms with van der Waals surface area (Å²) in [4.78, 5) is 11.8. The highest BCUT2D eigenvalue weighted by Gasteiger charge is 2.16. The molecule has 7 nitrogen and oxygen atoms in total. The van der Waals surface area contributed by atoms with Gasteiger partial charge in [0, 0.05) is 46.5 Å². The number of nitrogens with one attached hydrogen (secondary N) is 1. The fraction of sp³-hybridized carbons (Fsp3) is 0.333. The predicted octanol–water partition coefficient (Wildman–Crippen LogP) is 3.93. The number of ether oxygens (including phenoxy) is 1. The van der Waals surface area contributed by atoms with E-state index < -0.39 is 0 Å². The minimum absolute atomic E-state index is 0.456. The summed E-state index contributed by atoms with van der Waals surface area (Å²) in [7, 11) is 1.70. The van der Waals surface area contributed by atoms with E-state index >= 15 is 0 Å². The number of aromatic nitrogens is 2. The molecule has 0 radical (unpaired) electrons. The number of nitrogens with two attached hydrogens (primary N) is 2. The third-order valence-corrected chi connectivity index (χ3v) is 6.38. The fourth-order valence-electron chi connectivity index (χ4n) is 4.61. The Hall–Kier alpha value is -3.32. The number of hydrogen-bond acceptors (Lipinski definition) is 7. The molecule has 0 saturated carbocycles. The summed E-state index contributed by atoms with van der Waals surface area (Å²) < 4.78 is 5.74. The zero-order valence-corrected chi connectivity index (χ0v) is 18.0. The van der Waals surface area contributed by atoms with Crippen molar-refractivity contribution in [2.24, 2.45) is 0 Å². The lowest BCUT2D eigenvalue weighted by atomic mass is 9.99. The second-order valence-electron chi connectivity index (χ2n) is 8.27. The van der Waals surface area contributed by atoms with E-state index in [0.29, 0.717) is 11.5 Å². The molecule has 1 fully saturated rings. The molecule has 2 aromatic carbocycles. The number of likely N-dealkylation sites (tertiary alicyclic amines) is 1. The van der Waals surface area contributed by atoms with Crippen molar-refractivity contribution in [3.8, 4) is 5.75 Å². The largest absolute Gasteiger partial charge is 0.495 e. The molecule has 0 bridgehead atoms. The van der Waals surface area contributed by atoms with Crippen LogP contribution in [0.2, 0.25) is 0 Å². The van der Waals surface area contributed by atoms with Gasteiger partial charge in [0.1, 0.15) is 11.6 Å². The lowest BCUT2D eigenvalue weighted by molar-refractivity contribution is 0.352. The highest BCUT2D eigenvalue weighted by molar-refractivity contribution is 6.22. The standard InChI is InChI=1S/C24H28N6O/c1-14-18(25)6-5-15-22-16-11-21(31-2)20(27-7-10-30-8-3-4-9-30)12-19(16)28-13-17(22)24(26)29-23(14)15/h5-6,11-13,27H,3-4,7-10,25H2,1-2H3,(H2,26,29). The van der Waals surface area contributed by atoms with Crippen LogP contribution in [0.4, 0.5) is 17.2 Å². The first-order valence-electron chi connectivity index (χ1n) is 10.8. The van der Waals surface area contributed by atoms with Crippen molar-refractivity contribution in [2.75, 3.05) is 50.1 Å². The lowest BCUT2D eigenvalue weighted by Gasteiger charge is -2.18. The van der Waals surface area contributed by atoms with Crippen LogP contribution in [0.3, 0.4) is 0 Å². The molecule has 0 atom stereocenters. The van der Waals surface area contributed by atoms with Crippen LogP contribution in [-0.4, -0.2) is 48.2 Å². The van der Waals surface area contributed by atoms with Crippen LogP contribution in [0.1, 0.15) is 18.4 Å². The van der Waals surface area contributed by atoms with E-state index in [0.717, 1.165) is 62.7 Å². The van der Waals surface area contributed by atoms with Gasteiger partial charge in [-0.1, -0.05) is 6.07 Å². The topological polar surface area (TPSA) is 102 Å². The van der Waals surface area contributed by atoms with Gasteiger partial charge in [-0.15, -0.1) is 0 Å². The highest BCUT2D eigenvalue weighted by atomic mass is 16.5. The van der Waals surface area contributed by atoms with Gasteiger partial charge in [-0.25, -0.2) is 4.98 Å². The van der Waals surface area contributed by atoms with Crippen LogP contribution in [0, 0.1) is 6.92 Å². The smallest absolute Gasteiger partial charge is 0.142 e. The molecule has 7 heteroatoms. The highest BCUT2D eigenvalue weighted by Crippen LogP contribution is 2.38. The number of methoxy groups -OCH3 is 1. The third kappa shape index (κ3) is 3.35. The molecule has 0 aliphatic carbocycles. The molecule has 4 aromatic rings. The number of benzene rings is 2. The number of fused-ring (bicyclic) bond motifs is 5. The predicted molar refractivity (Wildman–Crippen MR) is 129 cm³/mol. The van der Waals surface area contributed by atoms with Crippen LogP contribution in [0.15, 0.2) is 30.5 Å². The molecular weight excluding hydrogens is 388 g/mol. The molecule has 2 aromatic heterocycles. The van der Waals surface area contributed by atoms with Gasteiger partial charge in [0.2, 0.25) is 0 Å². The van der Waals surface area contributed by atoms with Crippen LogP contribution >= 0.6 is 0 Å². The Morgan fingerprint density at radius 2 is 1.90 bits per heavy atom. The van der Waals surface area contributed by atoms with E-state index in [2.05, 4.69) is 26.3 Å². The third-order valence-electron chi connectivity index (χ3n) is 6.38. The summed E-state index contributed by atoms with van der Waals surface area (Å²) in [6.45, 7) is 6.25. The quantitative estimate of drug-likeness (QED) is 0.335. The van der Waals surface area contributed by atoms with Gasteiger partial charge < -0.3 is 26.4 Å². The molecule has 3 heterocycles. The number of pyridine rings is 2. The van der Waals surface area contributed by atoms with Crippen molar-refractivity contribution < 1.29 is 4.74 Å². The first kappa shape index (κ1) is 19.6. The summed E-state index contributed by atoms with van der Waals surface area (Å²) in [5, 5.41) is 7.40. The van der Waals surface area contributed by atoms with Crippen molar-refractivity contribution in [3.63, 3.8) is 0 Å². The molecule has 0 spiro atoms. The van der Waals surface area contributed by atoms with E-state index in [1.165, 1.54) is 25.9 Å². The first-order chi connectivity index (χ1) is 15.1. The average molecular weight is 417 g/mol. The van der Waals surface area contributed by atoms with Crippen LogP contribution < -0.4 is 21.5 Å². The second-order valence-corrected chi connectivity index (χ2v) is 8.27. The maximum atomic E-state index is 6.32. The number of aryl methyl sites for hydroxylation is 1. The van der Waals surface area contributed by atoms with Gasteiger partial charge in [0.05, 0.1) is 23.8 Å². The van der Waals surface area contributed by atoms with E-state index in [1.54, 1.807) is 7.11 Å². The molecule has 1 saturated heterocycles. The minimum Gasteiger partial charge on any atom is -0.495 e. The maximum Gasteiger partial charge on any atom is 0.142 e. The van der Waals surface area contributed by atoms with Crippen molar-refractivity contribution in [1.82, 2.24) is 14.9 Å². The molecule has 5 N–H and O–H groups in total. The van der Waals surface area contributed by atoms with Crippen molar-refractivity contribution in [3.05, 3.63) is 36.0 Å². The monoisotopic (exact) mass is 416 g/mol. The van der Waals surface area contributed by atoms with Crippen molar-refractivity contribution in [2.45, 2.75) is 19.8 Å². The average Bonchev–Trinajstić information content (AvgIpc) is 3.29. The molecule has 31 heavy (non-hydrogen) atoms. The molecule has 1 aliphatic rings. The normalized spacial score (nSPS) is 14.6. The number of anilines is 3. The van der Waals surface area contributed by atoms with E-state index in [9.17, 15) is 0 Å². The molecule has 160 valence electrons. The number of nitrogen functional groups attached to an aromatic ring is 2. The Morgan fingerprint density at radius 3 is 2.68 bits per heavy atom. The number of rotatable bonds is 5. The van der Waals surface area contributed by atoms with Gasteiger partial charge >= 0.3 is 0 Å². The fourth-order valence-corrected chi connectivity index (χ4v) is 4.61. The van der Waals surface area contributed by atoms with E-state index in [-0.39, 0.29) is 0 Å². The van der Waals surface area contributed by atoms with Gasteiger partial charge in [-0.2, -0.15) is 0 Å². The summed E-state index contributed by atoms with van der Waals surface area (Å²) in [5.41, 5.74) is 16.7. The van der Waals surface area contributed by atoms with Gasteiger partial charge in [-0.3, -0.25) is 4.98 Å². The first-order valence-corrected chi connectivity index (χ1v) is 10.8. The van der Waals surface area contributed by atoms with E-state index in [4.69, 9.17) is 16.2 Å². The van der Waals surface area contributed by atoms with E-state index in [1.807, 2.05) is 31.3 Å². The Kier molecular flexibility index (Phi) is 4.90. The SMILES string of the molecule is COc1cc2c(cc1NCCN1CCCC1)ncc1c(N)nc3c(C)c(N)ccc3c12. The van der Waals surface area contributed by atoms with Gasteiger partial charge in [0.15, 0.2) is 0 Å². The van der Waals surface area contributed by atoms with Crippen LogP contribution in [0.5, 0.6) is 5.75 Å². The lowest BCUT2D eigenvalue weighted by Crippen LogP contribution is -2.26. The Morgan fingerprint density at radius 1 is 1.10 bits per heavy atom. The minimum atomic E-state index is 0.456. The molecule has 0 amide bonds. The molecular formula is C24H28N6O. The summed E-state index contributed by atoms with van der Waals surface area (Å²) >= 11 is 0. The summed E-state index contributed by atoms with van der Waals surface area (Å²) in [5.74, 6) is 1.25. The number of hydrogen-bond donors (Lipinski definition) is 3. The molecule has 0 unspecified atom stereocenters. The summed E-state index contributed by atoms with van der Waals surface area (Å²) in [6.07, 6.45) is 4.41. The maximum absolute atomic E-state index is 6.32.